The molecule has 2 rings (SSSR count). The van der Waals surface area contributed by atoms with E-state index in [4.69, 9.17) is 5.11 Å². The highest BCUT2D eigenvalue weighted by Gasteiger charge is 2.34. The van der Waals surface area contributed by atoms with Crippen LogP contribution in [0.25, 0.3) is 0 Å². The summed E-state index contributed by atoms with van der Waals surface area (Å²) in [7, 11) is 0. The molecule has 1 atom stereocenters. The van der Waals surface area contributed by atoms with Crippen molar-refractivity contribution in [3.8, 4) is 0 Å². The van der Waals surface area contributed by atoms with Crippen LogP contribution >= 0.6 is 0 Å². The number of carbonyl (C=O) groups excluding carboxylic acids is 1. The molecule has 0 aliphatic heterocycles. The van der Waals surface area contributed by atoms with Gasteiger partial charge < -0.3 is 10.2 Å². The SMILES string of the molecule is CCCCCCC1(CC=CC2=C(CC=CCCC(O)C(=O)O)C(=O)CC2)CCC1. The molecule has 2 aliphatic carbocycles. The third-order valence-corrected chi connectivity index (χ3v) is 6.57. The van der Waals surface area contributed by atoms with E-state index in [1.165, 1.54) is 56.9 Å². The molecule has 1 fully saturated rings. The predicted octanol–water partition coefficient (Wildman–Crippen LogP) is 5.90. The van der Waals surface area contributed by atoms with Crippen molar-refractivity contribution in [3.63, 3.8) is 0 Å². The Morgan fingerprint density at radius 3 is 2.59 bits per heavy atom. The maximum atomic E-state index is 12.2. The van der Waals surface area contributed by atoms with E-state index in [-0.39, 0.29) is 12.2 Å². The maximum Gasteiger partial charge on any atom is 0.332 e. The van der Waals surface area contributed by atoms with Gasteiger partial charge in [0.05, 0.1) is 0 Å². The normalized spacial score (nSPS) is 20.0. The average molecular weight is 403 g/mol. The fourth-order valence-electron chi connectivity index (χ4n) is 4.47. The molecule has 0 amide bonds. The van der Waals surface area contributed by atoms with E-state index < -0.39 is 12.1 Å². The maximum absolute atomic E-state index is 12.2. The van der Waals surface area contributed by atoms with Crippen LogP contribution < -0.4 is 0 Å². The lowest BCUT2D eigenvalue weighted by Gasteiger charge is -2.41. The molecule has 162 valence electrons. The molecule has 0 aromatic heterocycles. The summed E-state index contributed by atoms with van der Waals surface area (Å²) in [6.45, 7) is 2.25. The minimum atomic E-state index is -1.31. The van der Waals surface area contributed by atoms with Crippen molar-refractivity contribution in [2.24, 2.45) is 5.41 Å². The highest BCUT2D eigenvalue weighted by molar-refractivity contribution is 5.99. The number of aliphatic carboxylic acids is 1. The number of carbonyl (C=O) groups is 2. The topological polar surface area (TPSA) is 74.6 Å². The number of carboxylic acid groups (broad SMARTS) is 1. The van der Waals surface area contributed by atoms with Gasteiger partial charge in [0.25, 0.3) is 0 Å². The van der Waals surface area contributed by atoms with E-state index in [2.05, 4.69) is 19.1 Å². The lowest BCUT2D eigenvalue weighted by molar-refractivity contribution is -0.146. The Kier molecular flexibility index (Phi) is 9.86. The number of unbranched alkanes of at least 4 members (excludes halogenated alkanes) is 3. The Balaban J connectivity index is 1.84. The van der Waals surface area contributed by atoms with E-state index in [0.29, 0.717) is 24.7 Å². The van der Waals surface area contributed by atoms with Crippen LogP contribution in [0.15, 0.2) is 35.5 Å². The first-order valence-corrected chi connectivity index (χ1v) is 11.4. The molecule has 1 saturated carbocycles. The second kappa shape index (κ2) is 12.1. The summed E-state index contributed by atoms with van der Waals surface area (Å²) < 4.78 is 0. The Labute approximate surface area is 175 Å². The first kappa shape index (κ1) is 23.6. The number of aliphatic hydroxyl groups excluding tert-OH is 1. The van der Waals surface area contributed by atoms with Gasteiger partial charge in [-0.1, -0.05) is 63.3 Å². The number of carboxylic acids is 1. The second-order valence-corrected chi connectivity index (χ2v) is 8.80. The smallest absolute Gasteiger partial charge is 0.332 e. The molecule has 1 unspecified atom stereocenters. The number of rotatable bonds is 14. The average Bonchev–Trinajstić information content (AvgIpc) is 3.01. The van der Waals surface area contributed by atoms with Crippen molar-refractivity contribution in [3.05, 3.63) is 35.5 Å². The second-order valence-electron chi connectivity index (χ2n) is 8.80. The minimum Gasteiger partial charge on any atom is -0.479 e. The number of hydrogen-bond acceptors (Lipinski definition) is 3. The van der Waals surface area contributed by atoms with Gasteiger partial charge in [-0.2, -0.15) is 0 Å². The van der Waals surface area contributed by atoms with Crippen molar-refractivity contribution in [2.75, 3.05) is 0 Å². The quantitative estimate of drug-likeness (QED) is 0.280. The predicted molar refractivity (Wildman–Crippen MR) is 117 cm³/mol. The highest BCUT2D eigenvalue weighted by atomic mass is 16.4. The molecule has 29 heavy (non-hydrogen) atoms. The first-order chi connectivity index (χ1) is 14.0. The van der Waals surface area contributed by atoms with Crippen LogP contribution in [0.5, 0.6) is 0 Å². The van der Waals surface area contributed by atoms with E-state index in [1.807, 2.05) is 12.2 Å². The standard InChI is InChI=1S/C25H38O4/c1-2-3-4-8-16-25(18-10-19-25)17-9-11-20-14-15-22(26)21(20)12-6-5-7-13-23(27)24(28)29/h5-6,9,11,23,27H,2-4,7-8,10,12-19H2,1H3,(H,28,29). The van der Waals surface area contributed by atoms with Gasteiger partial charge in [0.15, 0.2) is 11.9 Å². The van der Waals surface area contributed by atoms with Crippen LogP contribution in [-0.2, 0) is 9.59 Å². The zero-order valence-corrected chi connectivity index (χ0v) is 18.0. The molecule has 0 aromatic carbocycles. The van der Waals surface area contributed by atoms with Crippen LogP contribution in [0.3, 0.4) is 0 Å². The van der Waals surface area contributed by atoms with E-state index in [1.54, 1.807) is 0 Å². The zero-order chi connectivity index (χ0) is 21.1. The molecule has 0 spiro atoms. The van der Waals surface area contributed by atoms with Crippen LogP contribution in [0.1, 0.15) is 96.8 Å². The van der Waals surface area contributed by atoms with Crippen molar-refractivity contribution in [1.82, 2.24) is 0 Å². The van der Waals surface area contributed by atoms with Gasteiger partial charge in [0.2, 0.25) is 0 Å². The van der Waals surface area contributed by atoms with Crippen LogP contribution in [0.4, 0.5) is 0 Å². The number of hydrogen-bond donors (Lipinski definition) is 2. The van der Waals surface area contributed by atoms with Crippen molar-refractivity contribution in [2.45, 2.75) is 103 Å². The van der Waals surface area contributed by atoms with Gasteiger partial charge in [-0.05, 0) is 62.4 Å². The van der Waals surface area contributed by atoms with E-state index in [0.717, 1.165) is 18.4 Å². The Morgan fingerprint density at radius 1 is 1.14 bits per heavy atom. The Bertz CT molecular complexity index is 637. The molecule has 2 aliphatic rings. The fourth-order valence-corrected chi connectivity index (χ4v) is 4.47. The van der Waals surface area contributed by atoms with Gasteiger partial charge in [-0.3, -0.25) is 4.79 Å². The first-order valence-electron chi connectivity index (χ1n) is 11.4. The van der Waals surface area contributed by atoms with Gasteiger partial charge in [-0.15, -0.1) is 0 Å². The highest BCUT2D eigenvalue weighted by Crippen LogP contribution is 2.48. The molecule has 0 heterocycles. The number of ketones is 1. The zero-order valence-electron chi connectivity index (χ0n) is 18.0. The summed E-state index contributed by atoms with van der Waals surface area (Å²) >= 11 is 0. The molecule has 2 N–H and O–H groups in total. The van der Waals surface area contributed by atoms with Crippen molar-refractivity contribution in [1.29, 1.82) is 0 Å². The van der Waals surface area contributed by atoms with Crippen LogP contribution in [0.2, 0.25) is 0 Å². The summed E-state index contributed by atoms with van der Waals surface area (Å²) in [6, 6.07) is 0. The van der Waals surface area contributed by atoms with Gasteiger partial charge in [0.1, 0.15) is 0 Å². The molecule has 4 heteroatoms. The third-order valence-electron chi connectivity index (χ3n) is 6.57. The van der Waals surface area contributed by atoms with Gasteiger partial charge in [-0.25, -0.2) is 4.79 Å². The third kappa shape index (κ3) is 7.58. The fraction of sp³-hybridized carbons (Fsp3) is 0.680. The van der Waals surface area contributed by atoms with E-state index in [9.17, 15) is 14.7 Å². The van der Waals surface area contributed by atoms with Crippen LogP contribution in [0, 0.1) is 5.41 Å². The lowest BCUT2D eigenvalue weighted by atomic mass is 9.64. The largest absolute Gasteiger partial charge is 0.479 e. The number of allylic oxidation sites excluding steroid dienone is 6. The molecule has 0 saturated heterocycles. The Hall–Kier alpha value is -1.68. The summed E-state index contributed by atoms with van der Waals surface area (Å²) in [5.74, 6) is -0.952. The minimum absolute atomic E-state index is 0.200. The Morgan fingerprint density at radius 2 is 1.93 bits per heavy atom. The summed E-state index contributed by atoms with van der Waals surface area (Å²) in [6.07, 6.45) is 21.6. The molecular formula is C25H38O4. The molecule has 0 bridgehead atoms. The summed E-state index contributed by atoms with van der Waals surface area (Å²) in [5, 5.41) is 18.0. The van der Waals surface area contributed by atoms with E-state index >= 15 is 0 Å². The molecule has 0 radical (unpaired) electrons. The van der Waals surface area contributed by atoms with Gasteiger partial charge >= 0.3 is 5.97 Å². The number of aliphatic hydroxyl groups is 1. The van der Waals surface area contributed by atoms with Crippen molar-refractivity contribution >= 4 is 11.8 Å². The molecule has 4 nitrogen and oxygen atoms in total. The summed E-state index contributed by atoms with van der Waals surface area (Å²) in [4.78, 5) is 22.8. The lowest BCUT2D eigenvalue weighted by Crippen LogP contribution is -2.28. The number of Topliss-reactive ketones (excluding diaryl/α,β-unsaturated/α-hetero) is 1. The van der Waals surface area contributed by atoms with Crippen LogP contribution in [-0.4, -0.2) is 28.1 Å². The monoisotopic (exact) mass is 402 g/mol. The summed E-state index contributed by atoms with van der Waals surface area (Å²) in [5.41, 5.74) is 2.59. The van der Waals surface area contributed by atoms with Gasteiger partial charge in [0, 0.05) is 12.0 Å². The van der Waals surface area contributed by atoms with Crippen molar-refractivity contribution < 1.29 is 19.8 Å². The molecular weight excluding hydrogens is 364 g/mol. The molecule has 0 aromatic rings.